The summed E-state index contributed by atoms with van der Waals surface area (Å²) < 4.78 is 33.3. The number of ether oxygens (including phenoxy) is 1. The zero-order chi connectivity index (χ0) is 15.5. The van der Waals surface area contributed by atoms with Crippen molar-refractivity contribution in [1.29, 1.82) is 0 Å². The molecule has 3 N–H and O–H groups in total. The van der Waals surface area contributed by atoms with Gasteiger partial charge in [-0.3, -0.25) is 5.10 Å². The van der Waals surface area contributed by atoms with Crippen LogP contribution in [0.2, 0.25) is 0 Å². The molecule has 0 saturated carbocycles. The van der Waals surface area contributed by atoms with E-state index in [0.29, 0.717) is 31.6 Å². The molecule has 1 aliphatic rings. The lowest BCUT2D eigenvalue weighted by Crippen LogP contribution is -2.41. The first-order valence-corrected chi connectivity index (χ1v) is 8.80. The van der Waals surface area contributed by atoms with Crippen molar-refractivity contribution < 1.29 is 13.2 Å². The smallest absolute Gasteiger partial charge is 0.260 e. The van der Waals surface area contributed by atoms with Gasteiger partial charge >= 0.3 is 0 Å². The van der Waals surface area contributed by atoms with Crippen LogP contribution in [0.1, 0.15) is 37.9 Å². The number of aryl methyl sites for hydroxylation is 1. The van der Waals surface area contributed by atoms with Crippen molar-refractivity contribution in [2.24, 2.45) is 0 Å². The van der Waals surface area contributed by atoms with Gasteiger partial charge in [0.05, 0.1) is 6.10 Å². The Bertz CT molecular complexity index is 570. The van der Waals surface area contributed by atoms with E-state index in [0.717, 1.165) is 12.2 Å². The second-order valence-electron chi connectivity index (χ2n) is 5.44. The highest BCUT2D eigenvalue weighted by atomic mass is 32.2. The molecular formula is C13H24N4O3S. The molecule has 8 heteroatoms. The summed E-state index contributed by atoms with van der Waals surface area (Å²) in [6.07, 6.45) is 1.45. The Morgan fingerprint density at radius 1 is 1.48 bits per heavy atom. The molecule has 7 nitrogen and oxygen atoms in total. The molecule has 2 rings (SSSR count). The van der Waals surface area contributed by atoms with Crippen LogP contribution in [0.5, 0.6) is 0 Å². The predicted octanol–water partition coefficient (Wildman–Crippen LogP) is 0.673. The minimum Gasteiger partial charge on any atom is -0.378 e. The van der Waals surface area contributed by atoms with Crippen LogP contribution in [0.3, 0.4) is 0 Å². The molecule has 0 aliphatic carbocycles. The number of rotatable bonds is 6. The van der Waals surface area contributed by atoms with Crippen LogP contribution in [0.25, 0.3) is 0 Å². The molecule has 1 aromatic heterocycles. The lowest BCUT2D eigenvalue weighted by atomic mass is 10.1. The van der Waals surface area contributed by atoms with E-state index in [1.165, 1.54) is 0 Å². The summed E-state index contributed by atoms with van der Waals surface area (Å²) in [5.41, 5.74) is 1.47. The maximum Gasteiger partial charge on any atom is 0.260 e. The van der Waals surface area contributed by atoms with Crippen LogP contribution in [-0.4, -0.2) is 43.9 Å². The van der Waals surface area contributed by atoms with E-state index >= 15 is 0 Å². The second-order valence-corrected chi connectivity index (χ2v) is 7.07. The average Bonchev–Trinajstić information content (AvgIpc) is 2.78. The highest BCUT2D eigenvalue weighted by Crippen LogP contribution is 2.19. The molecule has 2 heterocycles. The molecule has 0 amide bonds. The van der Waals surface area contributed by atoms with Gasteiger partial charge in [-0.05, 0) is 33.2 Å². The first-order valence-electron chi connectivity index (χ1n) is 7.32. The monoisotopic (exact) mass is 316 g/mol. The number of nitrogens with one attached hydrogen (secondary N) is 3. The van der Waals surface area contributed by atoms with Gasteiger partial charge in [-0.25, -0.2) is 13.1 Å². The zero-order valence-corrected chi connectivity index (χ0v) is 13.6. The minimum absolute atomic E-state index is 0.0774. The minimum atomic E-state index is -3.61. The molecule has 0 radical (unpaired) electrons. The third kappa shape index (κ3) is 4.03. The number of nitrogens with zero attached hydrogens (tertiary/aromatic N) is 1. The molecule has 120 valence electrons. The van der Waals surface area contributed by atoms with E-state index in [9.17, 15) is 8.42 Å². The normalized spacial score (nSPS) is 23.4. The Balaban J connectivity index is 2.15. The van der Waals surface area contributed by atoms with Gasteiger partial charge in [-0.2, -0.15) is 5.10 Å². The lowest BCUT2D eigenvalue weighted by Gasteiger charge is -2.27. The van der Waals surface area contributed by atoms with E-state index in [4.69, 9.17) is 4.74 Å². The van der Waals surface area contributed by atoms with E-state index < -0.39 is 10.0 Å². The summed E-state index contributed by atoms with van der Waals surface area (Å²) in [6, 6.07) is -0.0947. The first-order chi connectivity index (χ1) is 9.94. The number of H-pyrrole nitrogens is 1. The van der Waals surface area contributed by atoms with E-state index in [-0.39, 0.29) is 17.2 Å². The zero-order valence-electron chi connectivity index (χ0n) is 12.8. The molecule has 2 unspecified atom stereocenters. The van der Waals surface area contributed by atoms with Gasteiger partial charge in [0.15, 0.2) is 5.03 Å². The van der Waals surface area contributed by atoms with Crippen LogP contribution >= 0.6 is 0 Å². The van der Waals surface area contributed by atoms with Crippen molar-refractivity contribution >= 4 is 10.0 Å². The third-order valence-corrected chi connectivity index (χ3v) is 5.14. The summed E-state index contributed by atoms with van der Waals surface area (Å²) in [5.74, 6) is 0. The Labute approximate surface area is 125 Å². The molecule has 0 spiro atoms. The maximum atomic E-state index is 12.5. The van der Waals surface area contributed by atoms with Gasteiger partial charge in [0.1, 0.15) is 0 Å². The third-order valence-electron chi connectivity index (χ3n) is 3.65. The standard InChI is InChI=1S/C13H24N4O3S/c1-4-14-8-12-10(3)15-16-13(12)21(18,19)17-11-5-6-20-9(2)7-11/h9,11,14,17H,4-8H2,1-3H3,(H,15,16). The Morgan fingerprint density at radius 3 is 2.90 bits per heavy atom. The van der Waals surface area contributed by atoms with Crippen molar-refractivity contribution in [2.45, 2.75) is 57.3 Å². The average molecular weight is 316 g/mol. The summed E-state index contributed by atoms with van der Waals surface area (Å²) in [4.78, 5) is 0. The van der Waals surface area contributed by atoms with E-state index in [1.54, 1.807) is 0 Å². The van der Waals surface area contributed by atoms with Gasteiger partial charge in [0.2, 0.25) is 0 Å². The fourth-order valence-electron chi connectivity index (χ4n) is 2.49. The SMILES string of the molecule is CCNCc1c(S(=O)(=O)NC2CCOC(C)C2)n[nH]c1C. The number of hydrogen-bond acceptors (Lipinski definition) is 5. The number of aromatic amines is 1. The van der Waals surface area contributed by atoms with Crippen molar-refractivity contribution in [1.82, 2.24) is 20.2 Å². The number of hydrogen-bond donors (Lipinski definition) is 3. The largest absolute Gasteiger partial charge is 0.378 e. The van der Waals surface area contributed by atoms with Gasteiger partial charge in [0.25, 0.3) is 10.0 Å². The highest BCUT2D eigenvalue weighted by Gasteiger charge is 2.29. The van der Waals surface area contributed by atoms with E-state index in [1.807, 2.05) is 20.8 Å². The van der Waals surface area contributed by atoms with Gasteiger partial charge in [-0.1, -0.05) is 6.92 Å². The number of sulfonamides is 1. The maximum absolute atomic E-state index is 12.5. The van der Waals surface area contributed by atoms with Crippen LogP contribution in [0.15, 0.2) is 5.03 Å². The molecule has 0 bridgehead atoms. The van der Waals surface area contributed by atoms with Gasteiger partial charge in [0, 0.05) is 30.5 Å². The molecule has 0 aromatic carbocycles. The van der Waals surface area contributed by atoms with Gasteiger partial charge < -0.3 is 10.1 Å². The van der Waals surface area contributed by atoms with E-state index in [2.05, 4.69) is 20.2 Å². The molecule has 1 fully saturated rings. The molecular weight excluding hydrogens is 292 g/mol. The van der Waals surface area contributed by atoms with Gasteiger partial charge in [-0.15, -0.1) is 0 Å². The summed E-state index contributed by atoms with van der Waals surface area (Å²) in [5, 5.41) is 9.98. The predicted molar refractivity (Wildman–Crippen MR) is 79.5 cm³/mol. The highest BCUT2D eigenvalue weighted by molar-refractivity contribution is 7.89. The van der Waals surface area contributed by atoms with Crippen molar-refractivity contribution in [3.05, 3.63) is 11.3 Å². The quantitative estimate of drug-likeness (QED) is 0.717. The van der Waals surface area contributed by atoms with Crippen molar-refractivity contribution in [3.8, 4) is 0 Å². The lowest BCUT2D eigenvalue weighted by molar-refractivity contribution is 0.0173. The van der Waals surface area contributed by atoms with Crippen molar-refractivity contribution in [3.63, 3.8) is 0 Å². The van der Waals surface area contributed by atoms with Crippen LogP contribution < -0.4 is 10.0 Å². The molecule has 1 saturated heterocycles. The Kier molecular flexibility index (Phi) is 5.37. The molecule has 1 aliphatic heterocycles. The summed E-state index contributed by atoms with van der Waals surface area (Å²) >= 11 is 0. The van der Waals surface area contributed by atoms with Crippen LogP contribution in [-0.2, 0) is 21.3 Å². The molecule has 1 aromatic rings. The fraction of sp³-hybridized carbons (Fsp3) is 0.769. The topological polar surface area (TPSA) is 96.1 Å². The number of aromatic nitrogens is 2. The van der Waals surface area contributed by atoms with Crippen molar-refractivity contribution in [2.75, 3.05) is 13.2 Å². The first kappa shape index (κ1) is 16.4. The fourth-order valence-corrected chi connectivity index (χ4v) is 3.97. The Morgan fingerprint density at radius 2 is 2.24 bits per heavy atom. The second kappa shape index (κ2) is 6.87. The molecule has 2 atom stereocenters. The Hall–Kier alpha value is -0.960. The summed E-state index contributed by atoms with van der Waals surface area (Å²) in [7, 11) is -3.61. The van der Waals surface area contributed by atoms with Crippen LogP contribution in [0.4, 0.5) is 0 Å². The molecule has 21 heavy (non-hydrogen) atoms. The van der Waals surface area contributed by atoms with Crippen LogP contribution in [0, 0.1) is 6.92 Å². The summed E-state index contributed by atoms with van der Waals surface area (Å²) in [6.45, 7) is 7.60.